The van der Waals surface area contributed by atoms with E-state index in [0.29, 0.717) is 23.5 Å². The Morgan fingerprint density at radius 1 is 1.32 bits per heavy atom. The predicted octanol–water partition coefficient (Wildman–Crippen LogP) is 2.37. The van der Waals surface area contributed by atoms with Gasteiger partial charge in [0.1, 0.15) is 17.4 Å². The molecule has 0 spiro atoms. The number of thioether (sulfide) groups is 1. The van der Waals surface area contributed by atoms with Crippen molar-refractivity contribution in [1.29, 1.82) is 0 Å². The first-order valence-corrected chi connectivity index (χ1v) is 10.6. The first kappa shape index (κ1) is 20.3. The number of carbonyl (C=O) groups is 2. The number of fused-ring (bicyclic) bond motifs is 3. The van der Waals surface area contributed by atoms with Crippen LogP contribution >= 0.6 is 11.8 Å². The molecule has 0 aliphatic heterocycles. The van der Waals surface area contributed by atoms with Crippen LogP contribution in [0.25, 0.3) is 11.0 Å². The first-order valence-electron chi connectivity index (χ1n) is 9.18. The molecule has 2 aromatic rings. The molecule has 1 aliphatic carbocycles. The van der Waals surface area contributed by atoms with Gasteiger partial charge in [0.25, 0.3) is 5.91 Å². The fourth-order valence-corrected chi connectivity index (χ4v) is 3.85. The molecule has 2 atom stereocenters. The largest absolute Gasteiger partial charge is 0.481 e. The molecule has 0 radical (unpaired) electrons. The summed E-state index contributed by atoms with van der Waals surface area (Å²) in [7, 11) is 0. The van der Waals surface area contributed by atoms with Crippen LogP contribution in [0.15, 0.2) is 27.4 Å². The Kier molecular flexibility index (Phi) is 6.28. The van der Waals surface area contributed by atoms with Gasteiger partial charge in [-0.3, -0.25) is 4.79 Å². The topological polar surface area (TPSA) is 106 Å². The van der Waals surface area contributed by atoms with Crippen molar-refractivity contribution in [3.05, 3.63) is 39.7 Å². The number of benzene rings is 1. The van der Waals surface area contributed by atoms with Crippen LogP contribution in [0.1, 0.15) is 30.9 Å². The number of aryl methyl sites for hydroxylation is 1. The van der Waals surface area contributed by atoms with E-state index in [1.54, 1.807) is 19.1 Å². The minimum Gasteiger partial charge on any atom is -0.481 e. The second-order valence-electron chi connectivity index (χ2n) is 6.80. The van der Waals surface area contributed by atoms with E-state index >= 15 is 0 Å². The van der Waals surface area contributed by atoms with Gasteiger partial charge in [-0.15, -0.1) is 0 Å². The quantitative estimate of drug-likeness (QED) is 0.650. The number of carboxylic acid groups (broad SMARTS) is 1. The van der Waals surface area contributed by atoms with E-state index in [2.05, 4.69) is 5.32 Å². The molecule has 150 valence electrons. The number of carbonyl (C=O) groups excluding carboxylic acids is 1. The van der Waals surface area contributed by atoms with E-state index < -0.39 is 24.0 Å². The maximum absolute atomic E-state index is 12.3. The third-order valence-corrected chi connectivity index (χ3v) is 5.50. The van der Waals surface area contributed by atoms with Gasteiger partial charge in [0.15, 0.2) is 6.10 Å². The normalized spacial score (nSPS) is 15.1. The second kappa shape index (κ2) is 8.68. The summed E-state index contributed by atoms with van der Waals surface area (Å²) >= 11 is 1.51. The number of carboxylic acids is 1. The highest BCUT2D eigenvalue weighted by Gasteiger charge is 2.24. The maximum atomic E-state index is 12.3. The van der Waals surface area contributed by atoms with Crippen molar-refractivity contribution in [3.8, 4) is 5.75 Å². The Morgan fingerprint density at radius 3 is 2.79 bits per heavy atom. The van der Waals surface area contributed by atoms with E-state index in [1.807, 2.05) is 12.3 Å². The van der Waals surface area contributed by atoms with Crippen molar-refractivity contribution >= 4 is 34.6 Å². The number of aliphatic carboxylic acids is 1. The molecule has 0 saturated carbocycles. The van der Waals surface area contributed by atoms with Crippen molar-refractivity contribution in [2.24, 2.45) is 0 Å². The molecule has 1 aromatic heterocycles. The number of hydrogen-bond donors (Lipinski definition) is 2. The number of ether oxygens (including phenoxy) is 1. The van der Waals surface area contributed by atoms with Crippen LogP contribution in [0.5, 0.6) is 5.75 Å². The summed E-state index contributed by atoms with van der Waals surface area (Å²) in [6, 6.07) is 4.21. The lowest BCUT2D eigenvalue weighted by Gasteiger charge is -2.19. The van der Waals surface area contributed by atoms with Gasteiger partial charge in [-0.1, -0.05) is 0 Å². The molecule has 2 N–H and O–H groups in total. The Labute approximate surface area is 166 Å². The lowest BCUT2D eigenvalue weighted by Crippen LogP contribution is -2.46. The molecular formula is C20H23NO6S. The molecule has 0 bridgehead atoms. The van der Waals surface area contributed by atoms with E-state index in [0.717, 1.165) is 35.8 Å². The average molecular weight is 405 g/mol. The molecule has 1 heterocycles. The predicted molar refractivity (Wildman–Crippen MR) is 107 cm³/mol. The lowest BCUT2D eigenvalue weighted by atomic mass is 10.1. The zero-order chi connectivity index (χ0) is 20.3. The van der Waals surface area contributed by atoms with Crippen LogP contribution in [-0.2, 0) is 22.4 Å². The Hall–Kier alpha value is -2.48. The van der Waals surface area contributed by atoms with Crippen molar-refractivity contribution in [2.75, 3.05) is 12.0 Å². The van der Waals surface area contributed by atoms with Crippen LogP contribution in [-0.4, -0.2) is 41.1 Å². The molecule has 0 fully saturated rings. The SMILES string of the molecule is CSCCC(NC(=O)C(C)Oc1ccc2c3c(c(=O)oc2c1)CCC3)C(=O)O. The van der Waals surface area contributed by atoms with Gasteiger partial charge in [0.2, 0.25) is 0 Å². The third-order valence-electron chi connectivity index (χ3n) is 4.85. The van der Waals surface area contributed by atoms with E-state index in [1.165, 1.54) is 11.8 Å². The monoisotopic (exact) mass is 405 g/mol. The van der Waals surface area contributed by atoms with Gasteiger partial charge >= 0.3 is 11.6 Å². The fourth-order valence-electron chi connectivity index (χ4n) is 3.38. The van der Waals surface area contributed by atoms with Gasteiger partial charge in [-0.2, -0.15) is 11.8 Å². The Bertz CT molecular complexity index is 954. The average Bonchev–Trinajstić information content (AvgIpc) is 3.15. The molecule has 7 nitrogen and oxygen atoms in total. The Balaban J connectivity index is 1.73. The summed E-state index contributed by atoms with van der Waals surface area (Å²) in [5, 5.41) is 12.6. The van der Waals surface area contributed by atoms with E-state index in [9.17, 15) is 19.5 Å². The zero-order valence-electron chi connectivity index (χ0n) is 15.8. The van der Waals surface area contributed by atoms with Gasteiger partial charge in [-0.05, 0) is 62.3 Å². The molecule has 1 amide bonds. The second-order valence-corrected chi connectivity index (χ2v) is 7.78. The van der Waals surface area contributed by atoms with Gasteiger partial charge in [0, 0.05) is 17.0 Å². The van der Waals surface area contributed by atoms with Crippen molar-refractivity contribution in [1.82, 2.24) is 5.32 Å². The minimum absolute atomic E-state index is 0.318. The first-order chi connectivity index (χ1) is 13.4. The van der Waals surface area contributed by atoms with Crippen molar-refractivity contribution in [2.45, 2.75) is 44.8 Å². The molecule has 0 saturated heterocycles. The molecule has 8 heteroatoms. The molecule has 28 heavy (non-hydrogen) atoms. The minimum atomic E-state index is -1.07. The van der Waals surface area contributed by atoms with Crippen molar-refractivity contribution < 1.29 is 23.8 Å². The highest BCUT2D eigenvalue weighted by molar-refractivity contribution is 7.98. The Morgan fingerprint density at radius 2 is 2.07 bits per heavy atom. The van der Waals surface area contributed by atoms with Gasteiger partial charge < -0.3 is 19.6 Å². The van der Waals surface area contributed by atoms with Crippen LogP contribution < -0.4 is 15.7 Å². The van der Waals surface area contributed by atoms with Crippen molar-refractivity contribution in [3.63, 3.8) is 0 Å². The highest BCUT2D eigenvalue weighted by Crippen LogP contribution is 2.29. The summed E-state index contributed by atoms with van der Waals surface area (Å²) in [6.45, 7) is 1.55. The van der Waals surface area contributed by atoms with Crippen LogP contribution in [0.4, 0.5) is 0 Å². The molecule has 1 aliphatic rings. The third kappa shape index (κ3) is 4.32. The van der Waals surface area contributed by atoms with E-state index in [4.69, 9.17) is 9.15 Å². The maximum Gasteiger partial charge on any atom is 0.339 e. The van der Waals surface area contributed by atoms with Crippen LogP contribution in [0.2, 0.25) is 0 Å². The lowest BCUT2D eigenvalue weighted by molar-refractivity contribution is -0.142. The molecule has 2 unspecified atom stereocenters. The number of hydrogen-bond acceptors (Lipinski definition) is 6. The summed E-state index contributed by atoms with van der Waals surface area (Å²) in [4.78, 5) is 35.7. The standard InChI is InChI=1S/C20H23NO6S/c1-11(18(22)21-16(19(23)24)8-9-28-2)26-12-6-7-14-13-4-3-5-15(13)20(25)27-17(14)10-12/h6-7,10-11,16H,3-5,8-9H2,1-2H3,(H,21,22)(H,23,24). The van der Waals surface area contributed by atoms with E-state index in [-0.39, 0.29) is 5.63 Å². The molecule has 3 rings (SSSR count). The smallest absolute Gasteiger partial charge is 0.339 e. The summed E-state index contributed by atoms with van der Waals surface area (Å²) in [5.74, 6) is -0.576. The van der Waals surface area contributed by atoms with Crippen LogP contribution in [0.3, 0.4) is 0 Å². The van der Waals surface area contributed by atoms with Gasteiger partial charge in [0.05, 0.1) is 0 Å². The zero-order valence-corrected chi connectivity index (χ0v) is 16.6. The molecule has 1 aromatic carbocycles. The van der Waals surface area contributed by atoms with Gasteiger partial charge in [-0.25, -0.2) is 9.59 Å². The summed E-state index contributed by atoms with van der Waals surface area (Å²) < 4.78 is 11.1. The fraction of sp³-hybridized carbons (Fsp3) is 0.450. The summed E-state index contributed by atoms with van der Waals surface area (Å²) in [5.41, 5.74) is 1.89. The number of rotatable bonds is 8. The molecular weight excluding hydrogens is 382 g/mol. The number of nitrogens with one attached hydrogen (secondary N) is 1. The summed E-state index contributed by atoms with van der Waals surface area (Å²) in [6.07, 6.45) is 3.85. The highest BCUT2D eigenvalue weighted by atomic mass is 32.2. The number of amides is 1. The van der Waals surface area contributed by atoms with Crippen LogP contribution in [0, 0.1) is 0 Å².